The molecule has 0 radical (unpaired) electrons. The summed E-state index contributed by atoms with van der Waals surface area (Å²) in [6, 6.07) is 6.19. The standard InChI is InChI=1S/C16H27N2O4P/c1-16(2,3)13-6-7-15(18-8-10-22-11-9-18)14(12-13)17-23(19,20-4)21-5/h6-7,12H,8-11H2,1-5H3,(H,17,19). The molecule has 1 aromatic rings. The minimum atomic E-state index is -3.36. The first-order valence-corrected chi connectivity index (χ1v) is 9.30. The Bertz CT molecular complexity index is 572. The number of morpholine rings is 1. The van der Waals surface area contributed by atoms with Crippen LogP contribution in [0.5, 0.6) is 0 Å². The molecule has 1 heterocycles. The summed E-state index contributed by atoms with van der Waals surface area (Å²) >= 11 is 0. The van der Waals surface area contributed by atoms with Crippen molar-refractivity contribution in [3.8, 4) is 0 Å². The topological polar surface area (TPSA) is 60.0 Å². The Hall–Kier alpha value is -1.07. The molecule has 1 fully saturated rings. The van der Waals surface area contributed by atoms with Crippen molar-refractivity contribution in [3.63, 3.8) is 0 Å². The molecule has 0 unspecified atom stereocenters. The van der Waals surface area contributed by atoms with Crippen LogP contribution in [0.4, 0.5) is 11.4 Å². The zero-order chi connectivity index (χ0) is 17.1. The van der Waals surface area contributed by atoms with E-state index < -0.39 is 7.75 Å². The summed E-state index contributed by atoms with van der Waals surface area (Å²) < 4.78 is 28.0. The predicted octanol–water partition coefficient (Wildman–Crippen LogP) is 3.63. The number of anilines is 2. The van der Waals surface area contributed by atoms with Gasteiger partial charge in [-0.2, -0.15) is 0 Å². The van der Waals surface area contributed by atoms with E-state index in [9.17, 15) is 4.57 Å². The first kappa shape index (κ1) is 18.3. The molecule has 7 heteroatoms. The average Bonchev–Trinajstić information content (AvgIpc) is 2.54. The Morgan fingerprint density at radius 2 is 1.78 bits per heavy atom. The maximum absolute atomic E-state index is 12.5. The predicted molar refractivity (Wildman–Crippen MR) is 93.4 cm³/mol. The summed E-state index contributed by atoms with van der Waals surface area (Å²) in [5.41, 5.74) is 2.88. The molecule has 1 aliphatic rings. The van der Waals surface area contributed by atoms with E-state index >= 15 is 0 Å². The molecular weight excluding hydrogens is 315 g/mol. The number of hydrogen-bond donors (Lipinski definition) is 1. The zero-order valence-electron chi connectivity index (χ0n) is 14.6. The lowest BCUT2D eigenvalue weighted by molar-refractivity contribution is 0.123. The van der Waals surface area contributed by atoms with E-state index in [4.69, 9.17) is 13.8 Å². The summed E-state index contributed by atoms with van der Waals surface area (Å²) in [6.07, 6.45) is 0. The van der Waals surface area contributed by atoms with Crippen LogP contribution >= 0.6 is 7.75 Å². The van der Waals surface area contributed by atoms with Crippen LogP contribution in [0.1, 0.15) is 26.3 Å². The Morgan fingerprint density at radius 1 is 1.17 bits per heavy atom. The quantitative estimate of drug-likeness (QED) is 0.825. The Morgan fingerprint density at radius 3 is 2.30 bits per heavy atom. The van der Waals surface area contributed by atoms with Crippen molar-refractivity contribution in [3.05, 3.63) is 23.8 Å². The van der Waals surface area contributed by atoms with Gasteiger partial charge < -0.3 is 9.64 Å². The van der Waals surface area contributed by atoms with Gasteiger partial charge in [0.1, 0.15) is 0 Å². The molecular formula is C16H27N2O4P. The number of nitrogens with one attached hydrogen (secondary N) is 1. The van der Waals surface area contributed by atoms with E-state index in [0.29, 0.717) is 13.2 Å². The minimum absolute atomic E-state index is 0.00982. The molecule has 0 bridgehead atoms. The summed E-state index contributed by atoms with van der Waals surface area (Å²) in [5.74, 6) is 0. The highest BCUT2D eigenvalue weighted by Gasteiger charge is 2.26. The van der Waals surface area contributed by atoms with E-state index in [1.165, 1.54) is 14.2 Å². The van der Waals surface area contributed by atoms with Gasteiger partial charge in [-0.15, -0.1) is 0 Å². The van der Waals surface area contributed by atoms with Gasteiger partial charge in [-0.1, -0.05) is 26.8 Å². The third-order valence-corrected chi connectivity index (χ3v) is 5.43. The highest BCUT2D eigenvalue weighted by atomic mass is 31.2. The van der Waals surface area contributed by atoms with Crippen molar-refractivity contribution in [1.82, 2.24) is 0 Å². The first-order chi connectivity index (χ1) is 10.8. The molecule has 1 N–H and O–H groups in total. The minimum Gasteiger partial charge on any atom is -0.378 e. The van der Waals surface area contributed by atoms with Crippen LogP contribution in [-0.4, -0.2) is 40.5 Å². The fourth-order valence-corrected chi connectivity index (χ4v) is 3.29. The van der Waals surface area contributed by atoms with Crippen LogP contribution in [0.2, 0.25) is 0 Å². The summed E-state index contributed by atoms with van der Waals surface area (Å²) in [7, 11) is -0.613. The van der Waals surface area contributed by atoms with E-state index in [1.807, 2.05) is 6.07 Å². The Kier molecular flexibility index (Phi) is 5.74. The lowest BCUT2D eigenvalue weighted by atomic mass is 9.86. The van der Waals surface area contributed by atoms with Crippen molar-refractivity contribution in [1.29, 1.82) is 0 Å². The van der Waals surface area contributed by atoms with Crippen molar-refractivity contribution >= 4 is 19.1 Å². The third-order valence-electron chi connectivity index (χ3n) is 3.95. The number of nitrogens with zero attached hydrogens (tertiary/aromatic N) is 1. The van der Waals surface area contributed by atoms with E-state index in [2.05, 4.69) is 42.9 Å². The molecule has 0 spiro atoms. The Balaban J connectivity index is 2.42. The van der Waals surface area contributed by atoms with Gasteiger partial charge in [-0.05, 0) is 23.1 Å². The van der Waals surface area contributed by atoms with E-state index in [1.54, 1.807) is 0 Å². The van der Waals surface area contributed by atoms with Crippen LogP contribution in [0.25, 0.3) is 0 Å². The van der Waals surface area contributed by atoms with E-state index in [0.717, 1.165) is 30.0 Å². The monoisotopic (exact) mass is 342 g/mol. The molecule has 23 heavy (non-hydrogen) atoms. The normalized spacial score (nSPS) is 16.5. The molecule has 2 rings (SSSR count). The van der Waals surface area contributed by atoms with E-state index in [-0.39, 0.29) is 5.41 Å². The van der Waals surface area contributed by atoms with Gasteiger partial charge in [0.15, 0.2) is 0 Å². The summed E-state index contributed by atoms with van der Waals surface area (Å²) in [6.45, 7) is 9.41. The molecule has 0 saturated carbocycles. The molecule has 1 saturated heterocycles. The molecule has 0 aromatic heterocycles. The molecule has 1 aliphatic heterocycles. The Labute approximate surface area is 138 Å². The van der Waals surface area contributed by atoms with Crippen molar-refractivity contribution in [2.75, 3.05) is 50.5 Å². The number of benzene rings is 1. The average molecular weight is 342 g/mol. The highest BCUT2D eigenvalue weighted by molar-refractivity contribution is 7.55. The van der Waals surface area contributed by atoms with Gasteiger partial charge in [0.25, 0.3) is 0 Å². The smallest absolute Gasteiger partial charge is 0.378 e. The lowest BCUT2D eigenvalue weighted by Crippen LogP contribution is -2.36. The van der Waals surface area contributed by atoms with Gasteiger partial charge in [0.2, 0.25) is 0 Å². The van der Waals surface area contributed by atoms with Crippen LogP contribution in [0.15, 0.2) is 18.2 Å². The fraction of sp³-hybridized carbons (Fsp3) is 0.625. The third kappa shape index (κ3) is 4.48. The molecule has 0 aliphatic carbocycles. The second-order valence-corrected chi connectivity index (χ2v) is 8.50. The molecule has 0 atom stereocenters. The lowest BCUT2D eigenvalue weighted by Gasteiger charge is -2.32. The van der Waals surface area contributed by atoms with Crippen molar-refractivity contribution in [2.24, 2.45) is 0 Å². The zero-order valence-corrected chi connectivity index (χ0v) is 15.5. The van der Waals surface area contributed by atoms with Crippen LogP contribution < -0.4 is 9.99 Å². The largest absolute Gasteiger partial charge is 0.432 e. The van der Waals surface area contributed by atoms with Gasteiger partial charge >= 0.3 is 7.75 Å². The van der Waals surface area contributed by atoms with Crippen molar-refractivity contribution in [2.45, 2.75) is 26.2 Å². The first-order valence-electron chi connectivity index (χ1n) is 7.76. The number of rotatable bonds is 5. The molecule has 6 nitrogen and oxygen atoms in total. The van der Waals surface area contributed by atoms with Crippen LogP contribution in [-0.2, 0) is 23.8 Å². The molecule has 130 valence electrons. The number of hydrogen-bond acceptors (Lipinski definition) is 5. The van der Waals surface area contributed by atoms with Crippen LogP contribution in [0, 0.1) is 0 Å². The number of ether oxygens (including phenoxy) is 1. The van der Waals surface area contributed by atoms with Gasteiger partial charge in [-0.3, -0.25) is 14.1 Å². The second kappa shape index (κ2) is 7.22. The maximum atomic E-state index is 12.5. The fourth-order valence-electron chi connectivity index (χ4n) is 2.49. The van der Waals surface area contributed by atoms with Crippen LogP contribution in [0.3, 0.4) is 0 Å². The SMILES string of the molecule is COP(=O)(Nc1cc(C(C)(C)C)ccc1N1CCOCC1)OC. The molecule has 0 amide bonds. The molecule has 1 aromatic carbocycles. The maximum Gasteiger partial charge on any atom is 0.432 e. The summed E-state index contributed by atoms with van der Waals surface area (Å²) in [4.78, 5) is 2.22. The van der Waals surface area contributed by atoms with Gasteiger partial charge in [-0.25, -0.2) is 4.57 Å². The highest BCUT2D eigenvalue weighted by Crippen LogP contribution is 2.48. The second-order valence-electron chi connectivity index (χ2n) is 6.56. The van der Waals surface area contributed by atoms with Crippen molar-refractivity contribution < 1.29 is 18.3 Å². The summed E-state index contributed by atoms with van der Waals surface area (Å²) in [5, 5.41) is 2.96. The van der Waals surface area contributed by atoms with Gasteiger partial charge in [0.05, 0.1) is 24.6 Å². The van der Waals surface area contributed by atoms with Gasteiger partial charge in [0, 0.05) is 27.3 Å².